The van der Waals surface area contributed by atoms with Gasteiger partial charge in [-0.3, -0.25) is 0 Å². The van der Waals surface area contributed by atoms with Crippen LogP contribution in [0.4, 0.5) is 5.69 Å². The van der Waals surface area contributed by atoms with Crippen LogP contribution in [0.5, 0.6) is 0 Å². The number of benzene rings is 1. The Morgan fingerprint density at radius 3 is 2.88 bits per heavy atom. The van der Waals surface area contributed by atoms with E-state index in [2.05, 4.69) is 5.32 Å². The van der Waals surface area contributed by atoms with E-state index in [1.54, 1.807) is 24.3 Å². The molecule has 0 amide bonds. The van der Waals surface area contributed by atoms with Gasteiger partial charge in [0.05, 0.1) is 12.2 Å². The highest BCUT2D eigenvalue weighted by molar-refractivity contribution is 5.95. The van der Waals surface area contributed by atoms with Crippen LogP contribution in [-0.2, 0) is 4.74 Å². The predicted octanol–water partition coefficient (Wildman–Crippen LogP) is 0.206. The molecule has 0 bridgehead atoms. The van der Waals surface area contributed by atoms with Crippen molar-refractivity contribution in [2.24, 2.45) is 5.73 Å². The lowest BCUT2D eigenvalue weighted by molar-refractivity contribution is 0.0518. The summed E-state index contributed by atoms with van der Waals surface area (Å²) in [4.78, 5) is 11.6. The molecular formula is C11H16N2O3. The van der Waals surface area contributed by atoms with E-state index in [9.17, 15) is 4.79 Å². The number of aliphatic hydroxyl groups excluding tert-OH is 1. The monoisotopic (exact) mass is 224 g/mol. The van der Waals surface area contributed by atoms with Crippen LogP contribution in [0, 0.1) is 0 Å². The summed E-state index contributed by atoms with van der Waals surface area (Å²) in [5.74, 6) is -0.411. The summed E-state index contributed by atoms with van der Waals surface area (Å²) < 4.78 is 4.93. The first-order valence-electron chi connectivity index (χ1n) is 5.10. The molecule has 1 aromatic rings. The summed E-state index contributed by atoms with van der Waals surface area (Å²) >= 11 is 0. The first kappa shape index (κ1) is 12.5. The zero-order valence-corrected chi connectivity index (χ0v) is 8.98. The van der Waals surface area contributed by atoms with Crippen molar-refractivity contribution in [3.8, 4) is 0 Å². The summed E-state index contributed by atoms with van der Waals surface area (Å²) in [6.45, 7) is 0.901. The summed E-state index contributed by atoms with van der Waals surface area (Å²) in [7, 11) is 0. The zero-order chi connectivity index (χ0) is 11.8. The number of ether oxygens (including phenoxy) is 1. The van der Waals surface area contributed by atoms with Crippen molar-refractivity contribution < 1.29 is 14.6 Å². The summed E-state index contributed by atoms with van der Waals surface area (Å²) in [6.07, 6.45) is 0. The Morgan fingerprint density at radius 1 is 1.44 bits per heavy atom. The van der Waals surface area contributed by atoms with Crippen molar-refractivity contribution in [3.05, 3.63) is 29.8 Å². The highest BCUT2D eigenvalue weighted by Crippen LogP contribution is 2.15. The number of anilines is 1. The first-order valence-corrected chi connectivity index (χ1v) is 5.10. The number of aliphatic hydroxyl groups is 1. The van der Waals surface area contributed by atoms with E-state index in [4.69, 9.17) is 15.6 Å². The van der Waals surface area contributed by atoms with Crippen LogP contribution in [0.15, 0.2) is 24.3 Å². The fourth-order valence-electron chi connectivity index (χ4n) is 1.24. The number of nitrogens with two attached hydrogens (primary N) is 1. The van der Waals surface area contributed by atoms with Gasteiger partial charge in [-0.1, -0.05) is 12.1 Å². The third kappa shape index (κ3) is 3.52. The van der Waals surface area contributed by atoms with E-state index >= 15 is 0 Å². The topological polar surface area (TPSA) is 84.6 Å². The van der Waals surface area contributed by atoms with E-state index in [-0.39, 0.29) is 13.2 Å². The second-order valence-electron chi connectivity index (χ2n) is 3.12. The fraction of sp³-hybridized carbons (Fsp3) is 0.364. The van der Waals surface area contributed by atoms with Crippen LogP contribution in [0.1, 0.15) is 10.4 Å². The van der Waals surface area contributed by atoms with Gasteiger partial charge in [-0.15, -0.1) is 0 Å². The Morgan fingerprint density at radius 2 is 2.19 bits per heavy atom. The van der Waals surface area contributed by atoms with E-state index < -0.39 is 5.97 Å². The molecule has 0 saturated carbocycles. The van der Waals surface area contributed by atoms with E-state index in [1.165, 1.54) is 0 Å². The van der Waals surface area contributed by atoms with Gasteiger partial charge in [-0.05, 0) is 12.1 Å². The van der Waals surface area contributed by atoms with E-state index in [0.717, 1.165) is 0 Å². The first-order chi connectivity index (χ1) is 7.79. The average Bonchev–Trinajstić information content (AvgIpc) is 2.33. The molecule has 0 radical (unpaired) electrons. The number of rotatable bonds is 6. The molecule has 1 rings (SSSR count). The van der Waals surface area contributed by atoms with Crippen molar-refractivity contribution in [1.29, 1.82) is 0 Å². The lowest BCUT2D eigenvalue weighted by atomic mass is 10.2. The summed E-state index contributed by atoms with van der Waals surface area (Å²) in [6, 6.07) is 6.98. The van der Waals surface area contributed by atoms with Crippen molar-refractivity contribution in [1.82, 2.24) is 0 Å². The van der Waals surface area contributed by atoms with Gasteiger partial charge >= 0.3 is 5.97 Å². The van der Waals surface area contributed by atoms with Gasteiger partial charge in [0.25, 0.3) is 0 Å². The van der Waals surface area contributed by atoms with Gasteiger partial charge in [-0.2, -0.15) is 0 Å². The van der Waals surface area contributed by atoms with Crippen LogP contribution in [-0.4, -0.2) is 37.4 Å². The third-order valence-corrected chi connectivity index (χ3v) is 1.93. The minimum atomic E-state index is -0.411. The van der Waals surface area contributed by atoms with Crippen LogP contribution < -0.4 is 11.1 Å². The SMILES string of the molecule is NCCOC(=O)c1ccccc1NCCO. The van der Waals surface area contributed by atoms with Crippen molar-refractivity contribution in [3.63, 3.8) is 0 Å². The third-order valence-electron chi connectivity index (χ3n) is 1.93. The maximum atomic E-state index is 11.6. The van der Waals surface area contributed by atoms with Gasteiger partial charge in [-0.25, -0.2) is 4.79 Å². The van der Waals surface area contributed by atoms with E-state index in [1.807, 2.05) is 0 Å². The lowest BCUT2D eigenvalue weighted by Gasteiger charge is -2.10. The molecule has 0 aliphatic rings. The second-order valence-corrected chi connectivity index (χ2v) is 3.12. The molecule has 0 spiro atoms. The van der Waals surface area contributed by atoms with Crippen LogP contribution in [0.2, 0.25) is 0 Å². The molecule has 0 fully saturated rings. The Bertz CT molecular complexity index is 342. The number of hydrogen-bond acceptors (Lipinski definition) is 5. The summed E-state index contributed by atoms with van der Waals surface area (Å²) in [5, 5.41) is 11.6. The average molecular weight is 224 g/mol. The van der Waals surface area contributed by atoms with Crippen molar-refractivity contribution in [2.45, 2.75) is 0 Å². The molecule has 0 heterocycles. The van der Waals surface area contributed by atoms with Crippen LogP contribution >= 0.6 is 0 Å². The van der Waals surface area contributed by atoms with Gasteiger partial charge in [0.1, 0.15) is 6.61 Å². The minimum Gasteiger partial charge on any atom is -0.461 e. The quantitative estimate of drug-likeness (QED) is 0.601. The highest BCUT2D eigenvalue weighted by atomic mass is 16.5. The maximum absolute atomic E-state index is 11.6. The molecule has 16 heavy (non-hydrogen) atoms. The molecule has 88 valence electrons. The van der Waals surface area contributed by atoms with Crippen molar-refractivity contribution >= 4 is 11.7 Å². The molecule has 5 heteroatoms. The molecule has 4 N–H and O–H groups in total. The van der Waals surface area contributed by atoms with Crippen molar-refractivity contribution in [2.75, 3.05) is 31.6 Å². The van der Waals surface area contributed by atoms with Gasteiger partial charge in [0.2, 0.25) is 0 Å². The lowest BCUT2D eigenvalue weighted by Crippen LogP contribution is -2.16. The largest absolute Gasteiger partial charge is 0.461 e. The summed E-state index contributed by atoms with van der Waals surface area (Å²) in [5.41, 5.74) is 6.35. The Balaban J connectivity index is 2.73. The molecular weight excluding hydrogens is 208 g/mol. The molecule has 0 aliphatic heterocycles. The standard InChI is InChI=1S/C11H16N2O3/c12-5-8-16-11(15)9-3-1-2-4-10(9)13-6-7-14/h1-4,13-14H,5-8,12H2. The number of nitrogens with one attached hydrogen (secondary N) is 1. The molecule has 5 nitrogen and oxygen atoms in total. The highest BCUT2D eigenvalue weighted by Gasteiger charge is 2.11. The van der Waals surface area contributed by atoms with Crippen LogP contribution in [0.3, 0.4) is 0 Å². The molecule has 0 unspecified atom stereocenters. The zero-order valence-electron chi connectivity index (χ0n) is 8.98. The van der Waals surface area contributed by atoms with Gasteiger partial charge < -0.3 is 20.9 Å². The minimum absolute atomic E-state index is 0.00613. The molecule has 1 aromatic carbocycles. The second kappa shape index (κ2) is 6.81. The predicted molar refractivity (Wildman–Crippen MR) is 61.4 cm³/mol. The number of esters is 1. The number of hydrogen-bond donors (Lipinski definition) is 3. The fourth-order valence-corrected chi connectivity index (χ4v) is 1.24. The molecule has 0 saturated heterocycles. The molecule has 0 atom stereocenters. The smallest absolute Gasteiger partial charge is 0.340 e. The number of carbonyl (C=O) groups excluding carboxylic acids is 1. The maximum Gasteiger partial charge on any atom is 0.340 e. The van der Waals surface area contributed by atoms with Crippen LogP contribution in [0.25, 0.3) is 0 Å². The van der Waals surface area contributed by atoms with E-state index in [0.29, 0.717) is 24.3 Å². The Hall–Kier alpha value is -1.59. The van der Waals surface area contributed by atoms with Gasteiger partial charge in [0.15, 0.2) is 0 Å². The Kier molecular flexibility index (Phi) is 5.31. The molecule has 0 aliphatic carbocycles. The number of carbonyl (C=O) groups is 1. The Labute approximate surface area is 94.2 Å². The normalized spacial score (nSPS) is 9.88. The van der Waals surface area contributed by atoms with Gasteiger partial charge in [0, 0.05) is 18.8 Å². The number of para-hydroxylation sites is 1. The molecule has 0 aromatic heterocycles.